The van der Waals surface area contributed by atoms with Gasteiger partial charge in [0, 0.05) is 21.8 Å². The van der Waals surface area contributed by atoms with Gasteiger partial charge < -0.3 is 15.0 Å². The van der Waals surface area contributed by atoms with Gasteiger partial charge in [-0.3, -0.25) is 4.79 Å². The summed E-state index contributed by atoms with van der Waals surface area (Å²) < 4.78 is 4.89. The van der Waals surface area contributed by atoms with E-state index in [0.717, 1.165) is 12.8 Å². The van der Waals surface area contributed by atoms with Crippen LogP contribution in [-0.2, 0) is 9.53 Å². The maximum Gasteiger partial charge on any atom is 0.325 e. The SMILES string of the molecule is CCOC(=O)CN(C(=O)Nc1cc(Cl)cc(Cl)c1)C1CC1. The van der Waals surface area contributed by atoms with Gasteiger partial charge >= 0.3 is 12.0 Å². The zero-order valence-electron chi connectivity index (χ0n) is 11.6. The molecule has 0 heterocycles. The number of nitrogens with zero attached hydrogens (tertiary/aromatic N) is 1. The second-order valence-electron chi connectivity index (χ2n) is 4.75. The minimum atomic E-state index is -0.413. The van der Waals surface area contributed by atoms with E-state index in [-0.39, 0.29) is 18.6 Å². The number of halogens is 2. The van der Waals surface area contributed by atoms with Crippen LogP contribution < -0.4 is 5.32 Å². The summed E-state index contributed by atoms with van der Waals surface area (Å²) >= 11 is 11.8. The number of rotatable bonds is 5. The number of hydrogen-bond acceptors (Lipinski definition) is 3. The number of amides is 2. The van der Waals surface area contributed by atoms with Crippen LogP contribution in [0.5, 0.6) is 0 Å². The monoisotopic (exact) mass is 330 g/mol. The van der Waals surface area contributed by atoms with E-state index in [0.29, 0.717) is 22.3 Å². The standard InChI is InChI=1S/C14H16Cl2N2O3/c1-2-21-13(19)8-18(12-3-4-12)14(20)17-11-6-9(15)5-10(16)7-11/h5-7,12H,2-4,8H2,1H3,(H,17,20). The lowest BCUT2D eigenvalue weighted by atomic mass is 10.3. The average molecular weight is 331 g/mol. The van der Waals surface area contributed by atoms with Crippen LogP contribution in [0, 0.1) is 0 Å². The molecule has 2 amide bonds. The largest absolute Gasteiger partial charge is 0.465 e. The Morgan fingerprint density at radius 3 is 2.43 bits per heavy atom. The van der Waals surface area contributed by atoms with Crippen LogP contribution in [0.1, 0.15) is 19.8 Å². The van der Waals surface area contributed by atoms with E-state index in [1.165, 1.54) is 4.90 Å². The fourth-order valence-corrected chi connectivity index (χ4v) is 2.45. The van der Waals surface area contributed by atoms with E-state index >= 15 is 0 Å². The number of hydrogen-bond donors (Lipinski definition) is 1. The molecular formula is C14H16Cl2N2O3. The minimum absolute atomic E-state index is 0.0569. The summed E-state index contributed by atoms with van der Waals surface area (Å²) in [6, 6.07) is 4.50. The van der Waals surface area contributed by atoms with Crippen LogP contribution in [0.4, 0.5) is 10.5 Å². The Morgan fingerprint density at radius 1 is 1.29 bits per heavy atom. The molecule has 0 radical (unpaired) electrons. The van der Waals surface area contributed by atoms with Crippen molar-refractivity contribution in [2.75, 3.05) is 18.5 Å². The van der Waals surface area contributed by atoms with E-state index in [9.17, 15) is 9.59 Å². The van der Waals surface area contributed by atoms with Crippen molar-refractivity contribution in [2.45, 2.75) is 25.8 Å². The van der Waals surface area contributed by atoms with Gasteiger partial charge in [0.15, 0.2) is 0 Å². The van der Waals surface area contributed by atoms with Gasteiger partial charge in [-0.25, -0.2) is 4.79 Å². The quantitative estimate of drug-likeness (QED) is 0.840. The molecule has 1 N–H and O–H groups in total. The van der Waals surface area contributed by atoms with Crippen LogP contribution in [0.15, 0.2) is 18.2 Å². The van der Waals surface area contributed by atoms with Gasteiger partial charge in [-0.1, -0.05) is 23.2 Å². The van der Waals surface area contributed by atoms with Gasteiger partial charge in [0.1, 0.15) is 6.54 Å². The lowest BCUT2D eigenvalue weighted by molar-refractivity contribution is -0.143. The molecule has 7 heteroatoms. The molecule has 0 spiro atoms. The molecule has 1 aromatic rings. The number of carbonyl (C=O) groups excluding carboxylic acids is 2. The number of carbonyl (C=O) groups is 2. The summed E-state index contributed by atoms with van der Waals surface area (Å²) in [4.78, 5) is 25.3. The fourth-order valence-electron chi connectivity index (χ4n) is 1.92. The van der Waals surface area contributed by atoms with Crippen LogP contribution in [0.3, 0.4) is 0 Å². The average Bonchev–Trinajstić information content (AvgIpc) is 3.19. The van der Waals surface area contributed by atoms with Crippen LogP contribution in [-0.4, -0.2) is 36.1 Å². The third kappa shape index (κ3) is 4.79. The molecule has 1 fully saturated rings. The molecular weight excluding hydrogens is 315 g/mol. The fraction of sp³-hybridized carbons (Fsp3) is 0.429. The highest BCUT2D eigenvalue weighted by molar-refractivity contribution is 6.35. The second kappa shape index (κ2) is 7.00. The van der Waals surface area contributed by atoms with Crippen molar-refractivity contribution < 1.29 is 14.3 Å². The van der Waals surface area contributed by atoms with Crippen molar-refractivity contribution in [1.29, 1.82) is 0 Å². The molecule has 5 nitrogen and oxygen atoms in total. The van der Waals surface area contributed by atoms with Crippen molar-refractivity contribution in [3.63, 3.8) is 0 Å². The third-order valence-corrected chi connectivity index (χ3v) is 3.40. The topological polar surface area (TPSA) is 58.6 Å². The Labute approximate surface area is 133 Å². The molecule has 0 saturated heterocycles. The molecule has 1 aliphatic carbocycles. The van der Waals surface area contributed by atoms with Gasteiger partial charge in [0.25, 0.3) is 0 Å². The summed E-state index contributed by atoms with van der Waals surface area (Å²) in [5.74, 6) is -0.413. The molecule has 2 rings (SSSR count). The zero-order valence-corrected chi connectivity index (χ0v) is 13.1. The van der Waals surface area contributed by atoms with Crippen LogP contribution >= 0.6 is 23.2 Å². The van der Waals surface area contributed by atoms with E-state index in [4.69, 9.17) is 27.9 Å². The highest BCUT2D eigenvalue weighted by atomic mass is 35.5. The first-order valence-electron chi connectivity index (χ1n) is 6.69. The molecule has 0 atom stereocenters. The first-order chi connectivity index (χ1) is 9.99. The molecule has 114 valence electrons. The number of benzene rings is 1. The maximum absolute atomic E-state index is 12.3. The van der Waals surface area contributed by atoms with Crippen molar-refractivity contribution in [3.8, 4) is 0 Å². The van der Waals surface area contributed by atoms with Gasteiger partial charge in [-0.05, 0) is 38.0 Å². The van der Waals surface area contributed by atoms with Crippen molar-refractivity contribution in [2.24, 2.45) is 0 Å². The summed E-state index contributed by atoms with van der Waals surface area (Å²) in [5, 5.41) is 3.57. The Morgan fingerprint density at radius 2 is 1.90 bits per heavy atom. The molecule has 21 heavy (non-hydrogen) atoms. The van der Waals surface area contributed by atoms with E-state index in [1.54, 1.807) is 25.1 Å². The summed E-state index contributed by atoms with van der Waals surface area (Å²) in [7, 11) is 0. The van der Waals surface area contributed by atoms with E-state index in [1.807, 2.05) is 0 Å². The first-order valence-corrected chi connectivity index (χ1v) is 7.44. The number of ether oxygens (including phenoxy) is 1. The van der Waals surface area contributed by atoms with Crippen molar-refractivity contribution >= 4 is 40.9 Å². The number of nitrogens with one attached hydrogen (secondary N) is 1. The minimum Gasteiger partial charge on any atom is -0.465 e. The summed E-state index contributed by atoms with van der Waals surface area (Å²) in [6.07, 6.45) is 1.78. The number of esters is 1. The Kier molecular flexibility index (Phi) is 5.31. The third-order valence-electron chi connectivity index (χ3n) is 2.97. The van der Waals surface area contributed by atoms with Gasteiger partial charge in [0.2, 0.25) is 0 Å². The zero-order chi connectivity index (χ0) is 15.4. The molecule has 1 aliphatic rings. The van der Waals surface area contributed by atoms with E-state index in [2.05, 4.69) is 5.32 Å². The van der Waals surface area contributed by atoms with Gasteiger partial charge in [-0.15, -0.1) is 0 Å². The Balaban J connectivity index is 2.03. The predicted molar refractivity (Wildman–Crippen MR) is 81.8 cm³/mol. The molecule has 0 aromatic heterocycles. The van der Waals surface area contributed by atoms with Crippen LogP contribution in [0.2, 0.25) is 10.0 Å². The molecule has 0 bridgehead atoms. The smallest absolute Gasteiger partial charge is 0.325 e. The van der Waals surface area contributed by atoms with E-state index < -0.39 is 5.97 Å². The number of anilines is 1. The highest BCUT2D eigenvalue weighted by Crippen LogP contribution is 2.28. The Bertz CT molecular complexity index is 527. The normalized spacial score (nSPS) is 13.7. The summed E-state index contributed by atoms with van der Waals surface area (Å²) in [6.45, 7) is 1.97. The van der Waals surface area contributed by atoms with Crippen molar-refractivity contribution in [1.82, 2.24) is 4.90 Å². The van der Waals surface area contributed by atoms with Crippen molar-refractivity contribution in [3.05, 3.63) is 28.2 Å². The summed E-state index contributed by atoms with van der Waals surface area (Å²) in [5.41, 5.74) is 0.493. The maximum atomic E-state index is 12.3. The second-order valence-corrected chi connectivity index (χ2v) is 5.63. The lowest BCUT2D eigenvalue weighted by Gasteiger charge is -2.21. The van der Waals surface area contributed by atoms with Gasteiger partial charge in [0.05, 0.1) is 6.61 Å². The van der Waals surface area contributed by atoms with Crippen LogP contribution in [0.25, 0.3) is 0 Å². The number of urea groups is 1. The highest BCUT2D eigenvalue weighted by Gasteiger charge is 2.34. The van der Waals surface area contributed by atoms with Gasteiger partial charge in [-0.2, -0.15) is 0 Å². The Hall–Kier alpha value is -1.46. The molecule has 0 unspecified atom stereocenters. The molecule has 1 saturated carbocycles. The molecule has 0 aliphatic heterocycles. The lowest BCUT2D eigenvalue weighted by Crippen LogP contribution is -2.40. The predicted octanol–water partition coefficient (Wildman–Crippen LogP) is 3.55. The first kappa shape index (κ1) is 15.9. The molecule has 1 aromatic carbocycles.